The molecule has 0 unspecified atom stereocenters. The Hall–Kier alpha value is -2.17. The van der Waals surface area contributed by atoms with Crippen LogP contribution >= 0.6 is 0 Å². The zero-order valence-electron chi connectivity index (χ0n) is 8.05. The minimum atomic E-state index is 0.169. The normalized spacial score (nSPS) is 10.1. The second-order valence-corrected chi connectivity index (χ2v) is 2.92. The first-order valence-electron chi connectivity index (χ1n) is 4.43. The van der Waals surface area contributed by atoms with Gasteiger partial charge in [0.1, 0.15) is 17.9 Å². The van der Waals surface area contributed by atoms with Crippen LogP contribution in [0.5, 0.6) is 5.75 Å². The predicted molar refractivity (Wildman–Crippen MR) is 57.4 cm³/mol. The van der Waals surface area contributed by atoms with Crippen molar-refractivity contribution in [1.29, 1.82) is 0 Å². The van der Waals surface area contributed by atoms with Crippen LogP contribution in [0.3, 0.4) is 0 Å². The van der Waals surface area contributed by atoms with Crippen LogP contribution in [0.15, 0.2) is 30.9 Å². The van der Waals surface area contributed by atoms with Gasteiger partial charge in [0.25, 0.3) is 0 Å². The highest BCUT2D eigenvalue weighted by atomic mass is 16.5. The van der Waals surface area contributed by atoms with Crippen LogP contribution in [0.4, 0.5) is 5.95 Å². The molecule has 15 heavy (non-hydrogen) atoms. The largest absolute Gasteiger partial charge is 0.489 e. The number of ether oxygens (including phenoxy) is 1. The molecule has 0 fully saturated rings. The van der Waals surface area contributed by atoms with Crippen LogP contribution in [0.2, 0.25) is 0 Å². The lowest BCUT2D eigenvalue weighted by Crippen LogP contribution is -1.98. The van der Waals surface area contributed by atoms with Crippen molar-refractivity contribution in [2.75, 3.05) is 12.3 Å². The molecule has 0 saturated heterocycles. The zero-order valence-corrected chi connectivity index (χ0v) is 8.05. The summed E-state index contributed by atoms with van der Waals surface area (Å²) in [5.74, 6) is 0.880. The first-order valence-corrected chi connectivity index (χ1v) is 4.43. The van der Waals surface area contributed by atoms with Gasteiger partial charge >= 0.3 is 0 Å². The fourth-order valence-corrected chi connectivity index (χ4v) is 1.17. The van der Waals surface area contributed by atoms with Crippen molar-refractivity contribution >= 4 is 17.0 Å². The summed E-state index contributed by atoms with van der Waals surface area (Å²) in [6.45, 7) is 4.03. The highest BCUT2D eigenvalue weighted by Crippen LogP contribution is 2.17. The third-order valence-electron chi connectivity index (χ3n) is 1.81. The van der Waals surface area contributed by atoms with E-state index in [0.29, 0.717) is 23.4 Å². The molecule has 0 aliphatic rings. The number of nitrogens with zero attached hydrogens (tertiary/aromatic N) is 3. The van der Waals surface area contributed by atoms with Crippen molar-refractivity contribution in [3.05, 3.63) is 30.9 Å². The summed E-state index contributed by atoms with van der Waals surface area (Å²) < 4.78 is 5.35. The zero-order chi connectivity index (χ0) is 10.7. The molecule has 2 aromatic rings. The Balaban J connectivity index is 2.38. The van der Waals surface area contributed by atoms with Gasteiger partial charge in [-0.2, -0.15) is 0 Å². The van der Waals surface area contributed by atoms with Gasteiger partial charge in [-0.1, -0.05) is 12.7 Å². The van der Waals surface area contributed by atoms with E-state index in [1.165, 1.54) is 0 Å². The van der Waals surface area contributed by atoms with Gasteiger partial charge in [0.15, 0.2) is 0 Å². The topological polar surface area (TPSA) is 73.9 Å². The molecule has 2 rings (SSSR count). The number of anilines is 1. The predicted octanol–water partition coefficient (Wildman–Crippen LogP) is 1.17. The van der Waals surface area contributed by atoms with Crippen molar-refractivity contribution in [2.24, 2.45) is 0 Å². The van der Waals surface area contributed by atoms with Gasteiger partial charge in [-0.3, -0.25) is 0 Å². The third-order valence-corrected chi connectivity index (χ3v) is 1.81. The molecule has 0 aliphatic carbocycles. The molecule has 1 aromatic carbocycles. The van der Waals surface area contributed by atoms with E-state index in [1.807, 2.05) is 0 Å². The minimum Gasteiger partial charge on any atom is -0.489 e. The maximum atomic E-state index is 5.41. The molecule has 5 heteroatoms. The SMILES string of the molecule is C=CCOc1ccc2nc(N)nnc2c1. The summed E-state index contributed by atoms with van der Waals surface area (Å²) in [6.07, 6.45) is 1.68. The summed E-state index contributed by atoms with van der Waals surface area (Å²) in [5, 5.41) is 7.58. The van der Waals surface area contributed by atoms with Crippen molar-refractivity contribution in [1.82, 2.24) is 15.2 Å². The van der Waals surface area contributed by atoms with Gasteiger partial charge < -0.3 is 10.5 Å². The van der Waals surface area contributed by atoms with E-state index < -0.39 is 0 Å². The molecule has 0 spiro atoms. The number of hydrogen-bond donors (Lipinski definition) is 1. The number of aromatic nitrogens is 3. The average Bonchev–Trinajstić information content (AvgIpc) is 2.26. The van der Waals surface area contributed by atoms with E-state index in [2.05, 4.69) is 21.8 Å². The van der Waals surface area contributed by atoms with Crippen LogP contribution in [0.25, 0.3) is 11.0 Å². The van der Waals surface area contributed by atoms with Gasteiger partial charge in [0.05, 0.1) is 5.52 Å². The van der Waals surface area contributed by atoms with Crippen molar-refractivity contribution < 1.29 is 4.74 Å². The molecule has 76 valence electrons. The Kier molecular flexibility index (Phi) is 2.45. The first-order chi connectivity index (χ1) is 7.29. The molecule has 0 aliphatic heterocycles. The van der Waals surface area contributed by atoms with E-state index in [-0.39, 0.29) is 5.95 Å². The van der Waals surface area contributed by atoms with E-state index in [9.17, 15) is 0 Å². The third kappa shape index (κ3) is 2.01. The number of nitrogens with two attached hydrogens (primary N) is 1. The highest BCUT2D eigenvalue weighted by Gasteiger charge is 2.00. The summed E-state index contributed by atoms with van der Waals surface area (Å²) in [6, 6.07) is 5.36. The molecular formula is C10H10N4O. The lowest BCUT2D eigenvalue weighted by Gasteiger charge is -2.03. The molecule has 0 atom stereocenters. The Bertz CT molecular complexity index is 498. The molecular weight excluding hydrogens is 192 g/mol. The molecule has 5 nitrogen and oxygen atoms in total. The van der Waals surface area contributed by atoms with E-state index >= 15 is 0 Å². The Morgan fingerprint density at radius 1 is 1.33 bits per heavy atom. The second kappa shape index (κ2) is 3.91. The molecule has 2 N–H and O–H groups in total. The molecule has 1 aromatic heterocycles. The van der Waals surface area contributed by atoms with Crippen LogP contribution in [-0.4, -0.2) is 21.8 Å². The Morgan fingerprint density at radius 3 is 3.00 bits per heavy atom. The summed E-state index contributed by atoms with van der Waals surface area (Å²) in [5.41, 5.74) is 6.77. The highest BCUT2D eigenvalue weighted by molar-refractivity contribution is 5.75. The summed E-state index contributed by atoms with van der Waals surface area (Å²) in [4.78, 5) is 4.03. The maximum Gasteiger partial charge on any atom is 0.240 e. The van der Waals surface area contributed by atoms with Crippen molar-refractivity contribution in [3.63, 3.8) is 0 Å². The molecule has 0 bridgehead atoms. The summed E-state index contributed by atoms with van der Waals surface area (Å²) >= 11 is 0. The molecule has 1 heterocycles. The van der Waals surface area contributed by atoms with Crippen LogP contribution in [0.1, 0.15) is 0 Å². The number of fused-ring (bicyclic) bond motifs is 1. The van der Waals surface area contributed by atoms with Gasteiger partial charge in [-0.25, -0.2) is 4.98 Å². The quantitative estimate of drug-likeness (QED) is 0.756. The lowest BCUT2D eigenvalue weighted by atomic mass is 10.3. The van der Waals surface area contributed by atoms with Crippen molar-refractivity contribution in [3.8, 4) is 5.75 Å². The smallest absolute Gasteiger partial charge is 0.240 e. The lowest BCUT2D eigenvalue weighted by molar-refractivity contribution is 0.363. The van der Waals surface area contributed by atoms with Gasteiger partial charge in [-0.05, 0) is 12.1 Å². The van der Waals surface area contributed by atoms with Crippen molar-refractivity contribution in [2.45, 2.75) is 0 Å². The standard InChI is InChI=1S/C10H10N4O/c1-2-5-15-7-3-4-8-9(6-7)13-14-10(11)12-8/h2-4,6H,1,5H2,(H2,11,12,14). The number of rotatable bonds is 3. The number of hydrogen-bond acceptors (Lipinski definition) is 5. The Morgan fingerprint density at radius 2 is 2.20 bits per heavy atom. The second-order valence-electron chi connectivity index (χ2n) is 2.92. The molecule has 0 saturated carbocycles. The monoisotopic (exact) mass is 202 g/mol. The maximum absolute atomic E-state index is 5.41. The molecule has 0 amide bonds. The fourth-order valence-electron chi connectivity index (χ4n) is 1.17. The van der Waals surface area contributed by atoms with Crippen LogP contribution in [-0.2, 0) is 0 Å². The van der Waals surface area contributed by atoms with E-state index in [1.54, 1.807) is 24.3 Å². The minimum absolute atomic E-state index is 0.169. The van der Waals surface area contributed by atoms with E-state index in [4.69, 9.17) is 10.5 Å². The Labute approximate surface area is 86.6 Å². The first kappa shape index (κ1) is 9.39. The van der Waals surface area contributed by atoms with Gasteiger partial charge in [0, 0.05) is 6.07 Å². The number of benzene rings is 1. The molecule has 0 radical (unpaired) electrons. The average molecular weight is 202 g/mol. The number of nitrogen functional groups attached to an aromatic ring is 1. The van der Waals surface area contributed by atoms with Crippen LogP contribution < -0.4 is 10.5 Å². The van der Waals surface area contributed by atoms with Gasteiger partial charge in [0.2, 0.25) is 5.95 Å². The fraction of sp³-hybridized carbons (Fsp3) is 0.100. The van der Waals surface area contributed by atoms with Gasteiger partial charge in [-0.15, -0.1) is 10.2 Å². The van der Waals surface area contributed by atoms with Crippen LogP contribution in [0, 0.1) is 0 Å². The summed E-state index contributed by atoms with van der Waals surface area (Å²) in [7, 11) is 0. The van der Waals surface area contributed by atoms with E-state index in [0.717, 1.165) is 0 Å².